The molecule has 3 saturated heterocycles. The van der Waals surface area contributed by atoms with Crippen molar-refractivity contribution in [3.05, 3.63) is 0 Å². The summed E-state index contributed by atoms with van der Waals surface area (Å²) in [5.41, 5.74) is -2.24. The van der Waals surface area contributed by atoms with E-state index in [9.17, 15) is 38.4 Å². The normalized spacial score (nSPS) is 28.1. The summed E-state index contributed by atoms with van der Waals surface area (Å²) in [6.07, 6.45) is -10.3. The fraction of sp³-hybridized carbons (Fsp3) is 0.706. The van der Waals surface area contributed by atoms with E-state index in [1.807, 2.05) is 9.80 Å². The molecule has 0 N–H and O–H groups in total. The Labute approximate surface area is 353 Å². The Hall–Kier alpha value is -3.84. The molecule has 0 amide bonds. The van der Waals surface area contributed by atoms with Gasteiger partial charge in [0.25, 0.3) is 0 Å². The minimum absolute atomic E-state index is 0.290. The van der Waals surface area contributed by atoms with Crippen LogP contribution < -0.4 is 0 Å². The Bertz CT molecular complexity index is 1480. The van der Waals surface area contributed by atoms with Gasteiger partial charge in [-0.1, -0.05) is 48.0 Å². The van der Waals surface area contributed by atoms with Crippen LogP contribution in [0.4, 0.5) is 0 Å². The zero-order valence-electron chi connectivity index (χ0n) is 32.9. The van der Waals surface area contributed by atoms with Gasteiger partial charge >= 0.3 is 47.8 Å². The molecule has 3 aliphatic rings. The minimum Gasteiger partial charge on any atom is -0.463 e. The number of carbonyl (C=O) groups excluding carboxylic acids is 8. The third-order valence-corrected chi connectivity index (χ3v) is 11.4. The van der Waals surface area contributed by atoms with E-state index >= 15 is 0 Å². The lowest BCUT2D eigenvalue weighted by Gasteiger charge is -2.45. The SMILES string of the molecule is CC(=O)OC[C@H]1O[C@H](SC(=S)N2CCN(C(=S)S[C@H]3O[C@H](COC(C)=O)[C@@H](OC(C)=O)[C@H](OC(C)=O)[C@H]3OC(C)=O)CC2)[C@H](OC(C)=O)[C@@H](OC(C)=O)[C@@H]1OC(C)=O. The fourth-order valence-corrected chi connectivity index (χ4v) is 9.07. The largest absolute Gasteiger partial charge is 0.463 e. The van der Waals surface area contributed by atoms with Gasteiger partial charge in [0.2, 0.25) is 0 Å². The number of piperazine rings is 1. The maximum Gasteiger partial charge on any atom is 0.303 e. The van der Waals surface area contributed by atoms with Gasteiger partial charge < -0.3 is 57.2 Å². The van der Waals surface area contributed by atoms with Crippen LogP contribution in [0.5, 0.6) is 0 Å². The first kappa shape index (κ1) is 48.5. The van der Waals surface area contributed by atoms with E-state index in [0.29, 0.717) is 34.8 Å². The smallest absolute Gasteiger partial charge is 0.303 e. The van der Waals surface area contributed by atoms with Gasteiger partial charge in [0.05, 0.1) is 0 Å². The molecule has 58 heavy (non-hydrogen) atoms. The van der Waals surface area contributed by atoms with Crippen LogP contribution in [0.1, 0.15) is 55.4 Å². The van der Waals surface area contributed by atoms with Crippen molar-refractivity contribution in [1.29, 1.82) is 0 Å². The zero-order chi connectivity index (χ0) is 43.4. The van der Waals surface area contributed by atoms with Crippen LogP contribution in [0.2, 0.25) is 0 Å². The molecule has 0 aromatic heterocycles. The number of nitrogens with zero attached hydrogens (tertiary/aromatic N) is 2. The van der Waals surface area contributed by atoms with Crippen LogP contribution in [0, 0.1) is 0 Å². The molecule has 3 aliphatic heterocycles. The number of hydrogen-bond donors (Lipinski definition) is 0. The van der Waals surface area contributed by atoms with Gasteiger partial charge in [0, 0.05) is 81.6 Å². The molecule has 10 atom stereocenters. The summed E-state index contributed by atoms with van der Waals surface area (Å²) < 4.78 is 56.2. The third kappa shape index (κ3) is 14.8. The van der Waals surface area contributed by atoms with Gasteiger partial charge in [-0.25, -0.2) is 0 Å². The predicted octanol–water partition coefficient (Wildman–Crippen LogP) is 0.806. The van der Waals surface area contributed by atoms with Crippen molar-refractivity contribution < 1.29 is 85.7 Å². The number of thioether (sulfide) groups is 2. The van der Waals surface area contributed by atoms with Crippen LogP contribution in [0.3, 0.4) is 0 Å². The minimum atomic E-state index is -1.36. The van der Waals surface area contributed by atoms with E-state index in [0.717, 1.165) is 65.1 Å². The second-order valence-electron chi connectivity index (χ2n) is 12.9. The highest BCUT2D eigenvalue weighted by atomic mass is 32.2. The molecule has 0 aliphatic carbocycles. The maximum absolute atomic E-state index is 12.3. The molecule has 0 bridgehead atoms. The van der Waals surface area contributed by atoms with Crippen LogP contribution in [0.15, 0.2) is 0 Å². The summed E-state index contributed by atoms with van der Waals surface area (Å²) >= 11 is 13.5. The van der Waals surface area contributed by atoms with Crippen LogP contribution in [-0.2, 0) is 85.7 Å². The molecule has 324 valence electrons. The van der Waals surface area contributed by atoms with Crippen molar-refractivity contribution in [3.63, 3.8) is 0 Å². The summed E-state index contributed by atoms with van der Waals surface area (Å²) in [4.78, 5) is 100. The van der Waals surface area contributed by atoms with Gasteiger partial charge in [-0.2, -0.15) is 0 Å². The first-order valence-electron chi connectivity index (χ1n) is 17.7. The Morgan fingerprint density at radius 1 is 0.448 bits per heavy atom. The van der Waals surface area contributed by atoms with Crippen molar-refractivity contribution in [2.75, 3.05) is 39.4 Å². The highest BCUT2D eigenvalue weighted by Gasteiger charge is 2.54. The van der Waals surface area contributed by atoms with E-state index in [-0.39, 0.29) is 0 Å². The highest BCUT2D eigenvalue weighted by Crippen LogP contribution is 2.38. The van der Waals surface area contributed by atoms with Gasteiger partial charge in [-0.05, 0) is 0 Å². The molecular formula is C34H46N2O18S4. The summed E-state index contributed by atoms with van der Waals surface area (Å²) in [7, 11) is 0. The standard InChI is InChI=1S/C34H46N2O18S4/c1-15(37)45-13-23-25(47-17(3)39)27(49-19(5)41)29(51-21(7)43)31(53-23)57-33(55)35-9-11-36(12-10-35)34(56)58-32-30(52-22(8)44)28(50-20(6)42)26(48-18(4)40)24(54-32)14-46-16(2)38/h23-32H,9-14H2,1-8H3/t23-,24-,25-,26-,27+,28+,29-,30-,31-,32-/m1/s1. The first-order chi connectivity index (χ1) is 27.2. The van der Waals surface area contributed by atoms with Gasteiger partial charge in [-0.15, -0.1) is 0 Å². The highest BCUT2D eigenvalue weighted by molar-refractivity contribution is 8.23. The molecule has 24 heteroatoms. The number of ether oxygens (including phenoxy) is 10. The van der Waals surface area contributed by atoms with E-state index in [1.165, 1.54) is 13.8 Å². The fourth-order valence-electron chi connectivity index (χ4n) is 5.99. The predicted molar refractivity (Wildman–Crippen MR) is 207 cm³/mol. The van der Waals surface area contributed by atoms with E-state index in [2.05, 4.69) is 0 Å². The first-order valence-corrected chi connectivity index (χ1v) is 20.3. The Morgan fingerprint density at radius 3 is 0.966 bits per heavy atom. The van der Waals surface area contributed by atoms with Crippen LogP contribution in [0.25, 0.3) is 0 Å². The summed E-state index contributed by atoms with van der Waals surface area (Å²) in [5.74, 6) is -5.87. The molecule has 3 rings (SSSR count). The molecule has 0 aromatic carbocycles. The Morgan fingerprint density at radius 2 is 0.707 bits per heavy atom. The monoisotopic (exact) mass is 898 g/mol. The number of hydrogen-bond acceptors (Lipinski definition) is 22. The summed E-state index contributed by atoms with van der Waals surface area (Å²) in [6, 6.07) is 0. The van der Waals surface area contributed by atoms with Crippen molar-refractivity contribution in [2.24, 2.45) is 0 Å². The number of carbonyl (C=O) groups is 8. The van der Waals surface area contributed by atoms with Gasteiger partial charge in [-0.3, -0.25) is 38.4 Å². The third-order valence-electron chi connectivity index (χ3n) is 8.13. The molecule has 3 fully saturated rings. The van der Waals surface area contributed by atoms with Crippen molar-refractivity contribution in [1.82, 2.24) is 9.80 Å². The summed E-state index contributed by atoms with van der Waals surface area (Å²) in [6.45, 7) is 9.58. The molecule has 0 unspecified atom stereocenters. The van der Waals surface area contributed by atoms with Gasteiger partial charge in [0.15, 0.2) is 47.5 Å². The average molecular weight is 899 g/mol. The maximum atomic E-state index is 12.3. The van der Waals surface area contributed by atoms with E-state index in [1.54, 1.807) is 0 Å². The molecule has 0 aromatic rings. The second-order valence-corrected chi connectivity index (χ2v) is 16.3. The van der Waals surface area contributed by atoms with Crippen LogP contribution >= 0.6 is 48.0 Å². The molecule has 0 saturated carbocycles. The Kier molecular flexibility index (Phi) is 18.8. The summed E-state index contributed by atoms with van der Waals surface area (Å²) in [5, 5.41) is 0. The quantitative estimate of drug-likeness (QED) is 0.150. The lowest BCUT2D eigenvalue weighted by molar-refractivity contribution is -0.237. The number of rotatable bonds is 12. The second kappa shape index (κ2) is 22.5. The molecule has 20 nitrogen and oxygen atoms in total. The van der Waals surface area contributed by atoms with E-state index in [4.69, 9.17) is 71.8 Å². The molecule has 3 heterocycles. The van der Waals surface area contributed by atoms with E-state index < -0.39 is 121 Å². The van der Waals surface area contributed by atoms with Crippen LogP contribution in [-0.4, -0.2) is 165 Å². The molecular weight excluding hydrogens is 853 g/mol. The number of esters is 8. The topological polar surface area (TPSA) is 235 Å². The average Bonchev–Trinajstić information content (AvgIpc) is 3.10. The zero-order valence-corrected chi connectivity index (χ0v) is 36.2. The molecule has 0 spiro atoms. The molecule has 0 radical (unpaired) electrons. The lowest BCUT2D eigenvalue weighted by atomic mass is 9.99. The lowest BCUT2D eigenvalue weighted by Crippen LogP contribution is -2.62. The van der Waals surface area contributed by atoms with Crippen molar-refractivity contribution in [2.45, 2.75) is 115 Å². The van der Waals surface area contributed by atoms with Crippen molar-refractivity contribution in [3.8, 4) is 0 Å². The van der Waals surface area contributed by atoms with Gasteiger partial charge in [0.1, 0.15) is 34.1 Å². The number of thiocarbonyl (C=S) groups is 2. The Balaban J connectivity index is 1.79. The van der Waals surface area contributed by atoms with Crippen molar-refractivity contribution >= 4 is 104 Å².